The Balaban J connectivity index is 1.77. The summed E-state index contributed by atoms with van der Waals surface area (Å²) in [6.07, 6.45) is 5.50. The molecular formula is C15H24N2OS. The fourth-order valence-corrected chi connectivity index (χ4v) is 3.84. The fourth-order valence-electron chi connectivity index (χ4n) is 2.50. The molecule has 3 nitrogen and oxygen atoms in total. The molecular weight excluding hydrogens is 256 g/mol. The summed E-state index contributed by atoms with van der Waals surface area (Å²) in [6, 6.07) is 0.757. The molecule has 19 heavy (non-hydrogen) atoms. The normalized spacial score (nSPS) is 21.1. The Kier molecular flexibility index (Phi) is 3.92. The van der Waals surface area contributed by atoms with Gasteiger partial charge in [-0.25, -0.2) is 4.98 Å². The van der Waals surface area contributed by atoms with E-state index in [1.165, 1.54) is 41.3 Å². The first-order valence-corrected chi connectivity index (χ1v) is 8.26. The molecule has 0 radical (unpaired) electrons. The summed E-state index contributed by atoms with van der Waals surface area (Å²) in [6.45, 7) is 5.45. The van der Waals surface area contributed by atoms with Crippen LogP contribution < -0.4 is 5.32 Å². The van der Waals surface area contributed by atoms with Gasteiger partial charge in [0.25, 0.3) is 0 Å². The second-order valence-corrected chi connectivity index (χ2v) is 7.28. The lowest BCUT2D eigenvalue weighted by Gasteiger charge is -2.10. The summed E-state index contributed by atoms with van der Waals surface area (Å²) < 4.78 is 5.67. The third-order valence-electron chi connectivity index (χ3n) is 3.97. The number of ether oxygens (including phenoxy) is 1. The fraction of sp³-hybridized carbons (Fsp3) is 0.800. The van der Waals surface area contributed by atoms with E-state index in [2.05, 4.69) is 19.2 Å². The van der Waals surface area contributed by atoms with Crippen LogP contribution in [-0.4, -0.2) is 18.1 Å². The molecule has 0 bridgehead atoms. The van der Waals surface area contributed by atoms with Crippen molar-refractivity contribution in [1.29, 1.82) is 0 Å². The topological polar surface area (TPSA) is 34.1 Å². The van der Waals surface area contributed by atoms with Gasteiger partial charge in [-0.2, -0.15) is 0 Å². The molecule has 2 aliphatic carbocycles. The number of aromatic nitrogens is 1. The van der Waals surface area contributed by atoms with Gasteiger partial charge < -0.3 is 10.1 Å². The first-order valence-electron chi connectivity index (χ1n) is 7.44. The van der Waals surface area contributed by atoms with Gasteiger partial charge in [-0.05, 0) is 37.5 Å². The van der Waals surface area contributed by atoms with Crippen molar-refractivity contribution in [2.75, 3.05) is 7.11 Å². The molecule has 0 aromatic carbocycles. The minimum atomic E-state index is 0.233. The van der Waals surface area contributed by atoms with E-state index < -0.39 is 0 Å². The van der Waals surface area contributed by atoms with E-state index in [0.717, 1.165) is 12.6 Å². The Labute approximate surface area is 119 Å². The molecule has 4 heteroatoms. The van der Waals surface area contributed by atoms with Gasteiger partial charge in [0.15, 0.2) is 0 Å². The molecule has 2 aliphatic rings. The minimum Gasteiger partial charge on any atom is -0.374 e. The van der Waals surface area contributed by atoms with Gasteiger partial charge in [0.05, 0.1) is 5.69 Å². The summed E-state index contributed by atoms with van der Waals surface area (Å²) in [5.41, 5.74) is 1.27. The van der Waals surface area contributed by atoms with E-state index in [0.29, 0.717) is 11.8 Å². The molecule has 3 rings (SSSR count). The highest BCUT2D eigenvalue weighted by atomic mass is 32.1. The van der Waals surface area contributed by atoms with Crippen LogP contribution in [0.25, 0.3) is 0 Å². The SMILES string of the molecule is COC(c1nc(C(C)C)c(CNC2CC2)s1)C1CC1. The Morgan fingerprint density at radius 2 is 2.05 bits per heavy atom. The maximum atomic E-state index is 5.67. The predicted molar refractivity (Wildman–Crippen MR) is 78.5 cm³/mol. The van der Waals surface area contributed by atoms with E-state index in [9.17, 15) is 0 Å². The molecule has 106 valence electrons. The van der Waals surface area contributed by atoms with Crippen molar-refractivity contribution in [1.82, 2.24) is 10.3 Å². The molecule has 0 aliphatic heterocycles. The van der Waals surface area contributed by atoms with Crippen LogP contribution in [0.3, 0.4) is 0 Å². The van der Waals surface area contributed by atoms with Crippen LogP contribution in [0.4, 0.5) is 0 Å². The largest absolute Gasteiger partial charge is 0.374 e. The summed E-state index contributed by atoms with van der Waals surface area (Å²) >= 11 is 1.86. The lowest BCUT2D eigenvalue weighted by atomic mass is 10.1. The number of nitrogens with zero attached hydrogens (tertiary/aromatic N) is 1. The van der Waals surface area contributed by atoms with Crippen molar-refractivity contribution in [3.05, 3.63) is 15.6 Å². The van der Waals surface area contributed by atoms with E-state index in [-0.39, 0.29) is 6.10 Å². The minimum absolute atomic E-state index is 0.233. The third-order valence-corrected chi connectivity index (χ3v) is 5.10. The van der Waals surface area contributed by atoms with E-state index in [4.69, 9.17) is 9.72 Å². The molecule has 1 N–H and O–H groups in total. The molecule has 1 atom stereocenters. The smallest absolute Gasteiger partial charge is 0.122 e. The first kappa shape index (κ1) is 13.5. The van der Waals surface area contributed by atoms with Gasteiger partial charge in [0, 0.05) is 24.6 Å². The second kappa shape index (κ2) is 5.51. The maximum Gasteiger partial charge on any atom is 0.122 e. The van der Waals surface area contributed by atoms with Crippen molar-refractivity contribution in [3.8, 4) is 0 Å². The molecule has 2 saturated carbocycles. The number of hydrogen-bond acceptors (Lipinski definition) is 4. The summed E-state index contributed by atoms with van der Waals surface area (Å²) in [7, 11) is 1.82. The molecule has 1 aromatic rings. The Morgan fingerprint density at radius 3 is 2.58 bits per heavy atom. The number of hydrogen-bond donors (Lipinski definition) is 1. The highest BCUT2D eigenvalue weighted by Crippen LogP contribution is 2.45. The zero-order chi connectivity index (χ0) is 13.4. The standard InChI is InChI=1S/C15H24N2OS/c1-9(2)13-12(8-16-11-6-7-11)19-15(17-13)14(18-3)10-4-5-10/h9-11,14,16H,4-8H2,1-3H3. The highest BCUT2D eigenvalue weighted by molar-refractivity contribution is 7.11. The summed E-state index contributed by atoms with van der Waals surface area (Å²) in [5, 5.41) is 4.81. The average Bonchev–Trinajstić information content (AvgIpc) is 3.27. The molecule has 0 spiro atoms. The quantitative estimate of drug-likeness (QED) is 0.828. The molecule has 1 heterocycles. The van der Waals surface area contributed by atoms with Crippen LogP contribution in [0.1, 0.15) is 67.1 Å². The zero-order valence-electron chi connectivity index (χ0n) is 12.1. The average molecular weight is 280 g/mol. The van der Waals surface area contributed by atoms with Crippen LogP contribution >= 0.6 is 11.3 Å². The third kappa shape index (κ3) is 3.18. The van der Waals surface area contributed by atoms with Gasteiger partial charge in [0.2, 0.25) is 0 Å². The van der Waals surface area contributed by atoms with Crippen LogP contribution in [-0.2, 0) is 11.3 Å². The lowest BCUT2D eigenvalue weighted by molar-refractivity contribution is 0.0842. The number of methoxy groups -OCH3 is 1. The van der Waals surface area contributed by atoms with Crippen LogP contribution in [0.15, 0.2) is 0 Å². The first-order chi connectivity index (χ1) is 9.19. The van der Waals surface area contributed by atoms with Gasteiger partial charge >= 0.3 is 0 Å². The maximum absolute atomic E-state index is 5.67. The van der Waals surface area contributed by atoms with Crippen molar-refractivity contribution in [2.45, 2.75) is 64.1 Å². The van der Waals surface area contributed by atoms with Gasteiger partial charge in [-0.3, -0.25) is 0 Å². The van der Waals surface area contributed by atoms with Crippen molar-refractivity contribution < 1.29 is 4.74 Å². The number of thiazole rings is 1. The second-order valence-electron chi connectivity index (χ2n) is 6.16. The number of nitrogens with one attached hydrogen (secondary N) is 1. The molecule has 0 saturated heterocycles. The monoisotopic (exact) mass is 280 g/mol. The molecule has 1 aromatic heterocycles. The van der Waals surface area contributed by atoms with Crippen molar-refractivity contribution in [3.63, 3.8) is 0 Å². The Hall–Kier alpha value is -0.450. The predicted octanol–water partition coefficient (Wildman–Crippen LogP) is 3.62. The van der Waals surface area contributed by atoms with Gasteiger partial charge in [0.1, 0.15) is 11.1 Å². The Bertz CT molecular complexity index is 435. The highest BCUT2D eigenvalue weighted by Gasteiger charge is 2.35. The summed E-state index contributed by atoms with van der Waals surface area (Å²) in [4.78, 5) is 6.31. The van der Waals surface area contributed by atoms with Gasteiger partial charge in [-0.15, -0.1) is 11.3 Å². The lowest BCUT2D eigenvalue weighted by Crippen LogP contribution is -2.15. The van der Waals surface area contributed by atoms with Crippen LogP contribution in [0.2, 0.25) is 0 Å². The van der Waals surface area contributed by atoms with E-state index in [1.54, 1.807) is 0 Å². The number of rotatable bonds is 7. The molecule has 1 unspecified atom stereocenters. The van der Waals surface area contributed by atoms with Crippen molar-refractivity contribution >= 4 is 11.3 Å². The molecule has 0 amide bonds. The molecule has 2 fully saturated rings. The van der Waals surface area contributed by atoms with Gasteiger partial charge in [-0.1, -0.05) is 13.8 Å². The zero-order valence-corrected chi connectivity index (χ0v) is 12.9. The Morgan fingerprint density at radius 1 is 1.32 bits per heavy atom. The van der Waals surface area contributed by atoms with Crippen LogP contribution in [0.5, 0.6) is 0 Å². The van der Waals surface area contributed by atoms with Crippen LogP contribution in [0, 0.1) is 5.92 Å². The van der Waals surface area contributed by atoms with Crippen molar-refractivity contribution in [2.24, 2.45) is 5.92 Å². The van der Waals surface area contributed by atoms with E-state index >= 15 is 0 Å². The van der Waals surface area contributed by atoms with E-state index in [1.807, 2.05) is 18.4 Å². The summed E-state index contributed by atoms with van der Waals surface area (Å²) in [5.74, 6) is 1.21.